The first kappa shape index (κ1) is 12.4. The topological polar surface area (TPSA) is 63.2 Å². The number of hydrogen-bond donors (Lipinski definition) is 1. The van der Waals surface area contributed by atoms with Gasteiger partial charge in [-0.05, 0) is 18.6 Å². The summed E-state index contributed by atoms with van der Waals surface area (Å²) in [6.45, 7) is 1.51. The van der Waals surface area contributed by atoms with E-state index in [1.165, 1.54) is 13.0 Å². The molecule has 16 heavy (non-hydrogen) atoms. The predicted molar refractivity (Wildman–Crippen MR) is 63.1 cm³/mol. The molecule has 86 valence electrons. The number of benzene rings is 1. The minimum atomic E-state index is -3.40. The van der Waals surface area contributed by atoms with E-state index in [0.29, 0.717) is 6.29 Å². The van der Waals surface area contributed by atoms with Gasteiger partial charge in [-0.2, -0.15) is 0 Å². The Morgan fingerprint density at radius 2 is 1.94 bits per heavy atom. The summed E-state index contributed by atoms with van der Waals surface area (Å²) in [4.78, 5) is 10.7. The zero-order chi connectivity index (χ0) is 12.0. The molecule has 0 unspecified atom stereocenters. The molecular formula is C11H13NO3S. The quantitative estimate of drug-likeness (QED) is 0.619. The molecule has 4 nitrogen and oxygen atoms in total. The maximum absolute atomic E-state index is 11.2. The van der Waals surface area contributed by atoms with Gasteiger partial charge in [0.05, 0.1) is 11.4 Å². The average Bonchev–Trinajstić information content (AvgIpc) is 2.29. The van der Waals surface area contributed by atoms with Gasteiger partial charge in [0.25, 0.3) is 0 Å². The zero-order valence-corrected chi connectivity index (χ0v) is 9.70. The SMILES string of the molecule is CCS(=O)(=O)NC(C=O)=Cc1ccccc1. The van der Waals surface area contributed by atoms with E-state index in [2.05, 4.69) is 4.72 Å². The third kappa shape index (κ3) is 3.86. The predicted octanol–water partition coefficient (Wildman–Crippen LogP) is 1.17. The molecule has 0 fully saturated rings. The van der Waals surface area contributed by atoms with Crippen LogP contribution in [-0.4, -0.2) is 20.5 Å². The van der Waals surface area contributed by atoms with Crippen molar-refractivity contribution in [3.63, 3.8) is 0 Å². The van der Waals surface area contributed by atoms with Crippen molar-refractivity contribution < 1.29 is 13.2 Å². The first-order valence-corrected chi connectivity index (χ1v) is 6.45. The molecule has 0 aliphatic rings. The molecule has 0 amide bonds. The van der Waals surface area contributed by atoms with E-state index >= 15 is 0 Å². The lowest BCUT2D eigenvalue weighted by Crippen LogP contribution is -2.25. The lowest BCUT2D eigenvalue weighted by atomic mass is 10.2. The summed E-state index contributed by atoms with van der Waals surface area (Å²) in [5.41, 5.74) is 0.802. The fourth-order valence-electron chi connectivity index (χ4n) is 1.07. The van der Waals surface area contributed by atoms with E-state index in [0.717, 1.165) is 5.56 Å². The van der Waals surface area contributed by atoms with Gasteiger partial charge < -0.3 is 0 Å². The lowest BCUT2D eigenvalue weighted by molar-refractivity contribution is -0.105. The van der Waals surface area contributed by atoms with Gasteiger partial charge in [-0.25, -0.2) is 8.42 Å². The van der Waals surface area contributed by atoms with Gasteiger partial charge in [-0.15, -0.1) is 0 Å². The number of nitrogens with one attached hydrogen (secondary N) is 1. The Kier molecular flexibility index (Phi) is 4.25. The molecule has 1 aromatic carbocycles. The number of carbonyl (C=O) groups is 1. The summed E-state index contributed by atoms with van der Waals surface area (Å²) < 4.78 is 24.7. The molecule has 0 saturated carbocycles. The van der Waals surface area contributed by atoms with Crippen LogP contribution >= 0.6 is 0 Å². The second-order valence-electron chi connectivity index (χ2n) is 3.13. The fraction of sp³-hybridized carbons (Fsp3) is 0.182. The maximum atomic E-state index is 11.2. The van der Waals surface area contributed by atoms with Gasteiger partial charge >= 0.3 is 0 Å². The molecule has 0 heterocycles. The molecule has 0 spiro atoms. The van der Waals surface area contributed by atoms with Crippen LogP contribution in [0.2, 0.25) is 0 Å². The van der Waals surface area contributed by atoms with E-state index in [4.69, 9.17) is 0 Å². The Balaban J connectivity index is 2.92. The first-order chi connectivity index (χ1) is 7.57. The molecule has 0 bridgehead atoms. The second kappa shape index (κ2) is 5.46. The van der Waals surface area contributed by atoms with Crippen LogP contribution in [0.15, 0.2) is 36.0 Å². The highest BCUT2D eigenvalue weighted by Gasteiger charge is 2.07. The van der Waals surface area contributed by atoms with Crippen LogP contribution in [0.4, 0.5) is 0 Å². The number of hydrogen-bond acceptors (Lipinski definition) is 3. The van der Waals surface area contributed by atoms with E-state index in [-0.39, 0.29) is 11.4 Å². The molecule has 0 radical (unpaired) electrons. The Morgan fingerprint density at radius 1 is 1.31 bits per heavy atom. The van der Waals surface area contributed by atoms with Crippen molar-refractivity contribution in [3.8, 4) is 0 Å². The molecule has 5 heteroatoms. The van der Waals surface area contributed by atoms with E-state index in [1.54, 1.807) is 12.1 Å². The van der Waals surface area contributed by atoms with Gasteiger partial charge in [0.1, 0.15) is 0 Å². The highest BCUT2D eigenvalue weighted by Crippen LogP contribution is 2.04. The lowest BCUT2D eigenvalue weighted by Gasteiger charge is -2.04. The number of carbonyl (C=O) groups excluding carboxylic acids is 1. The van der Waals surface area contributed by atoms with Crippen LogP contribution in [0.1, 0.15) is 12.5 Å². The minimum Gasteiger partial charge on any atom is -0.296 e. The smallest absolute Gasteiger partial charge is 0.232 e. The molecule has 0 saturated heterocycles. The average molecular weight is 239 g/mol. The van der Waals surface area contributed by atoms with Gasteiger partial charge in [0.2, 0.25) is 10.0 Å². The van der Waals surface area contributed by atoms with Crippen LogP contribution < -0.4 is 4.72 Å². The Morgan fingerprint density at radius 3 is 2.44 bits per heavy atom. The van der Waals surface area contributed by atoms with E-state index < -0.39 is 10.0 Å². The normalized spacial score (nSPS) is 12.2. The number of rotatable bonds is 5. The van der Waals surface area contributed by atoms with Crippen LogP contribution in [0.25, 0.3) is 6.08 Å². The van der Waals surface area contributed by atoms with Crippen molar-refractivity contribution in [1.82, 2.24) is 4.72 Å². The molecule has 1 rings (SSSR count). The van der Waals surface area contributed by atoms with Crippen molar-refractivity contribution in [2.75, 3.05) is 5.75 Å². The van der Waals surface area contributed by atoms with Crippen molar-refractivity contribution in [2.24, 2.45) is 0 Å². The largest absolute Gasteiger partial charge is 0.296 e. The highest BCUT2D eigenvalue weighted by atomic mass is 32.2. The van der Waals surface area contributed by atoms with Crippen molar-refractivity contribution in [1.29, 1.82) is 0 Å². The minimum absolute atomic E-state index is 0.0352. The number of allylic oxidation sites excluding steroid dienone is 1. The Bertz CT molecular complexity index is 477. The van der Waals surface area contributed by atoms with Crippen molar-refractivity contribution in [2.45, 2.75) is 6.92 Å². The monoisotopic (exact) mass is 239 g/mol. The van der Waals surface area contributed by atoms with Gasteiger partial charge in [-0.3, -0.25) is 9.52 Å². The van der Waals surface area contributed by atoms with Gasteiger partial charge in [-0.1, -0.05) is 30.3 Å². The summed E-state index contributed by atoms with van der Waals surface area (Å²) in [5, 5.41) is 0. The third-order valence-corrected chi connectivity index (χ3v) is 3.21. The van der Waals surface area contributed by atoms with E-state index in [9.17, 15) is 13.2 Å². The first-order valence-electron chi connectivity index (χ1n) is 4.80. The molecule has 0 aliphatic heterocycles. The van der Waals surface area contributed by atoms with Crippen LogP contribution in [-0.2, 0) is 14.8 Å². The number of aldehydes is 1. The Labute approximate surface area is 95.0 Å². The maximum Gasteiger partial charge on any atom is 0.232 e. The second-order valence-corrected chi connectivity index (χ2v) is 5.14. The zero-order valence-electron chi connectivity index (χ0n) is 8.88. The molecular weight excluding hydrogens is 226 g/mol. The summed E-state index contributed by atoms with van der Waals surface area (Å²) in [7, 11) is -3.40. The molecule has 0 aliphatic carbocycles. The summed E-state index contributed by atoms with van der Waals surface area (Å²) >= 11 is 0. The van der Waals surface area contributed by atoms with Crippen LogP contribution in [0, 0.1) is 0 Å². The highest BCUT2D eigenvalue weighted by molar-refractivity contribution is 7.89. The fourth-order valence-corrected chi connectivity index (χ4v) is 1.68. The molecule has 0 atom stereocenters. The van der Waals surface area contributed by atoms with Crippen molar-refractivity contribution >= 4 is 22.4 Å². The standard InChI is InChI=1S/C11H13NO3S/c1-2-16(14,15)12-11(9-13)8-10-6-4-3-5-7-10/h3-9,12H,2H2,1H3. The molecule has 1 N–H and O–H groups in total. The number of sulfonamides is 1. The van der Waals surface area contributed by atoms with Crippen LogP contribution in [0.3, 0.4) is 0 Å². The third-order valence-electron chi connectivity index (χ3n) is 1.90. The van der Waals surface area contributed by atoms with Gasteiger partial charge in [0.15, 0.2) is 6.29 Å². The van der Waals surface area contributed by atoms with Crippen LogP contribution in [0.5, 0.6) is 0 Å². The molecule has 0 aromatic heterocycles. The summed E-state index contributed by atoms with van der Waals surface area (Å²) in [6.07, 6.45) is 1.97. The van der Waals surface area contributed by atoms with Gasteiger partial charge in [0, 0.05) is 0 Å². The summed E-state index contributed by atoms with van der Waals surface area (Å²) in [6, 6.07) is 9.02. The van der Waals surface area contributed by atoms with E-state index in [1.807, 2.05) is 18.2 Å². The Hall–Kier alpha value is -1.62. The molecule has 1 aromatic rings. The van der Waals surface area contributed by atoms with Crippen molar-refractivity contribution in [3.05, 3.63) is 41.6 Å². The summed E-state index contributed by atoms with van der Waals surface area (Å²) in [5.74, 6) is -0.0625.